The van der Waals surface area contributed by atoms with Crippen molar-refractivity contribution in [1.29, 1.82) is 0 Å². The Bertz CT molecular complexity index is 978. The molecule has 2 aliphatic rings. The predicted octanol–water partition coefficient (Wildman–Crippen LogP) is 2.20. The van der Waals surface area contributed by atoms with Crippen LogP contribution in [0.5, 0.6) is 0 Å². The minimum absolute atomic E-state index is 0.0276. The fourth-order valence-electron chi connectivity index (χ4n) is 4.14. The van der Waals surface area contributed by atoms with Crippen molar-refractivity contribution in [3.05, 3.63) is 65.4 Å². The SMILES string of the molecule is O=C(C1CCc2ncnn2C1)N1CCc2oc(CCc3ccccc3)nc2C1. The molecule has 4 heterocycles. The second-order valence-electron chi connectivity index (χ2n) is 7.57. The van der Waals surface area contributed by atoms with Crippen LogP contribution < -0.4 is 0 Å². The van der Waals surface area contributed by atoms with Gasteiger partial charge < -0.3 is 9.32 Å². The van der Waals surface area contributed by atoms with E-state index in [9.17, 15) is 4.79 Å². The number of nitrogens with zero attached hydrogens (tertiary/aromatic N) is 5. The van der Waals surface area contributed by atoms with Gasteiger partial charge in [-0.2, -0.15) is 5.10 Å². The second kappa shape index (κ2) is 7.22. The van der Waals surface area contributed by atoms with Crippen LogP contribution in [0.3, 0.4) is 0 Å². The summed E-state index contributed by atoms with van der Waals surface area (Å²) < 4.78 is 7.83. The molecule has 1 unspecified atom stereocenters. The van der Waals surface area contributed by atoms with E-state index in [1.54, 1.807) is 6.33 Å². The van der Waals surface area contributed by atoms with Crippen molar-refractivity contribution in [3.63, 3.8) is 0 Å². The minimum atomic E-state index is -0.0276. The van der Waals surface area contributed by atoms with Crippen molar-refractivity contribution in [1.82, 2.24) is 24.6 Å². The first-order valence-electron chi connectivity index (χ1n) is 9.93. The third-order valence-corrected chi connectivity index (χ3v) is 5.71. The maximum Gasteiger partial charge on any atom is 0.227 e. The number of carbonyl (C=O) groups excluding carboxylic acids is 1. The van der Waals surface area contributed by atoms with Crippen molar-refractivity contribution in [3.8, 4) is 0 Å². The van der Waals surface area contributed by atoms with Crippen LogP contribution in [-0.4, -0.2) is 37.1 Å². The molecule has 1 atom stereocenters. The van der Waals surface area contributed by atoms with Crippen molar-refractivity contribution in [2.45, 2.75) is 45.2 Å². The van der Waals surface area contributed by atoms with E-state index >= 15 is 0 Å². The summed E-state index contributed by atoms with van der Waals surface area (Å²) in [6.07, 6.45) is 5.64. The Morgan fingerprint density at radius 3 is 2.96 bits per heavy atom. The van der Waals surface area contributed by atoms with E-state index in [-0.39, 0.29) is 11.8 Å². The van der Waals surface area contributed by atoms with E-state index in [1.165, 1.54) is 5.56 Å². The lowest BCUT2D eigenvalue weighted by molar-refractivity contribution is -0.137. The van der Waals surface area contributed by atoms with E-state index in [2.05, 4.69) is 27.2 Å². The van der Waals surface area contributed by atoms with Gasteiger partial charge >= 0.3 is 0 Å². The Hall–Kier alpha value is -2.96. The highest BCUT2D eigenvalue weighted by atomic mass is 16.4. The molecule has 1 amide bonds. The van der Waals surface area contributed by atoms with Crippen LogP contribution >= 0.6 is 0 Å². The van der Waals surface area contributed by atoms with Gasteiger partial charge in [0.05, 0.1) is 19.0 Å². The third-order valence-electron chi connectivity index (χ3n) is 5.71. The summed E-state index contributed by atoms with van der Waals surface area (Å²) in [4.78, 5) is 23.9. The molecule has 0 N–H and O–H groups in total. The molecular weight excluding hydrogens is 354 g/mol. The van der Waals surface area contributed by atoms with E-state index in [4.69, 9.17) is 4.42 Å². The van der Waals surface area contributed by atoms with Crippen LogP contribution in [0.4, 0.5) is 0 Å². The average molecular weight is 377 g/mol. The average Bonchev–Trinajstić information content (AvgIpc) is 3.37. The van der Waals surface area contributed by atoms with Gasteiger partial charge in [0, 0.05) is 25.8 Å². The van der Waals surface area contributed by atoms with Gasteiger partial charge in [0.15, 0.2) is 5.89 Å². The Kier molecular flexibility index (Phi) is 4.43. The minimum Gasteiger partial charge on any atom is -0.445 e. The summed E-state index contributed by atoms with van der Waals surface area (Å²) in [5, 5.41) is 4.23. The fraction of sp³-hybridized carbons (Fsp3) is 0.429. The van der Waals surface area contributed by atoms with Gasteiger partial charge in [-0.25, -0.2) is 14.6 Å². The van der Waals surface area contributed by atoms with Crippen LogP contribution in [0.15, 0.2) is 41.1 Å². The Labute approximate surface area is 163 Å². The number of fused-ring (bicyclic) bond motifs is 2. The zero-order chi connectivity index (χ0) is 18.9. The molecular formula is C21H23N5O2. The van der Waals surface area contributed by atoms with Crippen molar-refractivity contribution < 1.29 is 9.21 Å². The lowest BCUT2D eigenvalue weighted by Gasteiger charge is -2.31. The first-order chi connectivity index (χ1) is 13.8. The molecule has 0 spiro atoms. The predicted molar refractivity (Wildman–Crippen MR) is 101 cm³/mol. The molecule has 7 nitrogen and oxygen atoms in total. The molecule has 2 aliphatic heterocycles. The number of aryl methyl sites for hydroxylation is 3. The number of hydrogen-bond donors (Lipinski definition) is 0. The zero-order valence-electron chi connectivity index (χ0n) is 15.8. The number of rotatable bonds is 4. The van der Waals surface area contributed by atoms with Gasteiger partial charge in [0.25, 0.3) is 0 Å². The first-order valence-corrected chi connectivity index (χ1v) is 9.93. The topological polar surface area (TPSA) is 77.0 Å². The Morgan fingerprint density at radius 1 is 1.18 bits per heavy atom. The van der Waals surface area contributed by atoms with Gasteiger partial charge in [0.2, 0.25) is 5.91 Å². The number of amides is 1. The molecule has 3 aromatic rings. The summed E-state index contributed by atoms with van der Waals surface area (Å²) in [6.45, 7) is 1.86. The van der Waals surface area contributed by atoms with Crippen LogP contribution in [0.1, 0.15) is 35.2 Å². The number of carbonyl (C=O) groups is 1. The van der Waals surface area contributed by atoms with Crippen molar-refractivity contribution in [2.24, 2.45) is 5.92 Å². The molecule has 0 radical (unpaired) electrons. The standard InChI is InChI=1S/C21H23N5O2/c27-21(16-7-8-19-22-14-23-26(19)12-16)25-11-10-18-17(13-25)24-20(28-18)9-6-15-4-2-1-3-5-15/h1-5,14,16H,6-13H2. The number of benzene rings is 1. The van der Waals surface area contributed by atoms with Gasteiger partial charge in [-0.1, -0.05) is 30.3 Å². The van der Waals surface area contributed by atoms with Crippen LogP contribution in [0, 0.1) is 5.92 Å². The first kappa shape index (κ1) is 17.2. The van der Waals surface area contributed by atoms with E-state index < -0.39 is 0 Å². The summed E-state index contributed by atoms with van der Waals surface area (Å²) in [5.41, 5.74) is 2.19. The van der Waals surface area contributed by atoms with Gasteiger partial charge in [0.1, 0.15) is 23.6 Å². The molecule has 2 aromatic heterocycles. The van der Waals surface area contributed by atoms with E-state index in [0.717, 1.165) is 55.3 Å². The van der Waals surface area contributed by atoms with Gasteiger partial charge in [-0.3, -0.25) is 4.79 Å². The summed E-state index contributed by atoms with van der Waals surface area (Å²) in [6, 6.07) is 10.4. The molecule has 1 aromatic carbocycles. The maximum absolute atomic E-state index is 13.0. The number of hydrogen-bond acceptors (Lipinski definition) is 5. The zero-order valence-corrected chi connectivity index (χ0v) is 15.8. The molecule has 0 aliphatic carbocycles. The number of aromatic nitrogens is 4. The summed E-state index contributed by atoms with van der Waals surface area (Å²) in [5.74, 6) is 2.85. The largest absolute Gasteiger partial charge is 0.445 e. The summed E-state index contributed by atoms with van der Waals surface area (Å²) >= 11 is 0. The lowest BCUT2D eigenvalue weighted by Crippen LogP contribution is -2.42. The monoisotopic (exact) mass is 377 g/mol. The van der Waals surface area contributed by atoms with Crippen LogP contribution in [-0.2, 0) is 43.6 Å². The smallest absolute Gasteiger partial charge is 0.227 e. The lowest BCUT2D eigenvalue weighted by atomic mass is 9.97. The van der Waals surface area contributed by atoms with Crippen LogP contribution in [0.2, 0.25) is 0 Å². The third kappa shape index (κ3) is 3.32. The highest BCUT2D eigenvalue weighted by Gasteiger charge is 2.32. The number of oxazole rings is 1. The molecule has 5 rings (SSSR count). The molecule has 28 heavy (non-hydrogen) atoms. The molecule has 7 heteroatoms. The Balaban J connectivity index is 1.23. The van der Waals surface area contributed by atoms with Gasteiger partial charge in [-0.05, 0) is 18.4 Å². The van der Waals surface area contributed by atoms with Gasteiger partial charge in [-0.15, -0.1) is 0 Å². The fourth-order valence-corrected chi connectivity index (χ4v) is 4.14. The van der Waals surface area contributed by atoms with Crippen LogP contribution in [0.25, 0.3) is 0 Å². The normalized spacial score (nSPS) is 18.6. The quantitative estimate of drug-likeness (QED) is 0.697. The molecule has 0 saturated heterocycles. The summed E-state index contributed by atoms with van der Waals surface area (Å²) in [7, 11) is 0. The maximum atomic E-state index is 13.0. The van der Waals surface area contributed by atoms with Crippen molar-refractivity contribution >= 4 is 5.91 Å². The van der Waals surface area contributed by atoms with E-state index in [1.807, 2.05) is 27.8 Å². The molecule has 144 valence electrons. The molecule has 0 bridgehead atoms. The van der Waals surface area contributed by atoms with Crippen molar-refractivity contribution in [2.75, 3.05) is 6.54 Å². The Morgan fingerprint density at radius 2 is 2.07 bits per heavy atom. The highest BCUT2D eigenvalue weighted by Crippen LogP contribution is 2.25. The molecule has 0 fully saturated rings. The van der Waals surface area contributed by atoms with E-state index in [0.29, 0.717) is 19.6 Å². The highest BCUT2D eigenvalue weighted by molar-refractivity contribution is 5.79. The molecule has 0 saturated carbocycles. The second-order valence-corrected chi connectivity index (χ2v) is 7.57.